The lowest BCUT2D eigenvalue weighted by Gasteiger charge is -2.54. The molecule has 120 valence electrons. The van der Waals surface area contributed by atoms with Crippen LogP contribution < -0.4 is 5.32 Å². The van der Waals surface area contributed by atoms with Crippen molar-refractivity contribution in [1.82, 2.24) is 10.2 Å². The van der Waals surface area contributed by atoms with Crippen LogP contribution in [-0.2, 0) is 9.53 Å². The van der Waals surface area contributed by atoms with Crippen molar-refractivity contribution in [2.75, 3.05) is 26.2 Å². The van der Waals surface area contributed by atoms with Crippen molar-refractivity contribution >= 4 is 5.97 Å². The first-order chi connectivity index (χ1) is 10.3. The van der Waals surface area contributed by atoms with E-state index in [1.807, 2.05) is 6.92 Å². The average molecular weight is 294 g/mol. The van der Waals surface area contributed by atoms with Gasteiger partial charge in [-0.1, -0.05) is 0 Å². The molecule has 0 amide bonds. The lowest BCUT2D eigenvalue weighted by atomic mass is 9.70. The van der Waals surface area contributed by atoms with Gasteiger partial charge >= 0.3 is 5.97 Å². The fourth-order valence-electron chi connectivity index (χ4n) is 4.89. The third-order valence-electron chi connectivity index (χ3n) is 5.71. The summed E-state index contributed by atoms with van der Waals surface area (Å²) in [5.74, 6) is 1.64. The van der Waals surface area contributed by atoms with E-state index in [9.17, 15) is 4.79 Å². The minimum atomic E-state index is -0.0332. The van der Waals surface area contributed by atoms with Crippen molar-refractivity contribution in [3.8, 4) is 0 Å². The lowest BCUT2D eigenvalue weighted by molar-refractivity contribution is -0.143. The van der Waals surface area contributed by atoms with Gasteiger partial charge in [-0.3, -0.25) is 9.69 Å². The summed E-state index contributed by atoms with van der Waals surface area (Å²) in [7, 11) is 0. The largest absolute Gasteiger partial charge is 0.466 e. The predicted octanol–water partition coefficient (Wildman–Crippen LogP) is 2.18. The first-order valence-corrected chi connectivity index (χ1v) is 8.92. The van der Waals surface area contributed by atoms with Gasteiger partial charge in [-0.2, -0.15) is 0 Å². The zero-order chi connectivity index (χ0) is 14.7. The van der Waals surface area contributed by atoms with Gasteiger partial charge in [0.05, 0.1) is 6.61 Å². The highest BCUT2D eigenvalue weighted by atomic mass is 16.5. The molecule has 0 radical (unpaired) electrons. The molecule has 0 saturated carbocycles. The van der Waals surface area contributed by atoms with Crippen LogP contribution in [-0.4, -0.2) is 49.2 Å². The molecular formula is C17H30N2O2. The number of carbonyl (C=O) groups excluding carboxylic acids is 1. The first-order valence-electron chi connectivity index (χ1n) is 8.92. The molecule has 3 rings (SSSR count). The van der Waals surface area contributed by atoms with Crippen LogP contribution in [0.2, 0.25) is 0 Å². The van der Waals surface area contributed by atoms with E-state index >= 15 is 0 Å². The number of hydrogen-bond acceptors (Lipinski definition) is 4. The van der Waals surface area contributed by atoms with E-state index in [2.05, 4.69) is 10.2 Å². The second-order valence-corrected chi connectivity index (χ2v) is 6.95. The van der Waals surface area contributed by atoms with E-state index in [1.54, 1.807) is 0 Å². The van der Waals surface area contributed by atoms with Crippen molar-refractivity contribution in [3.63, 3.8) is 0 Å². The Hall–Kier alpha value is -0.610. The number of nitrogens with one attached hydrogen (secondary N) is 1. The summed E-state index contributed by atoms with van der Waals surface area (Å²) < 4.78 is 5.03. The number of piperidine rings is 3. The Bertz CT molecular complexity index is 352. The van der Waals surface area contributed by atoms with Gasteiger partial charge in [0.15, 0.2) is 0 Å². The normalized spacial score (nSPS) is 36.0. The Labute approximate surface area is 128 Å². The number of nitrogens with zero attached hydrogens (tertiary/aromatic N) is 1. The Morgan fingerprint density at radius 1 is 1.29 bits per heavy atom. The second kappa shape index (κ2) is 7.10. The molecule has 3 fully saturated rings. The van der Waals surface area contributed by atoms with Crippen LogP contribution in [0.5, 0.6) is 0 Å². The Morgan fingerprint density at radius 2 is 2.10 bits per heavy atom. The highest BCUT2D eigenvalue weighted by Gasteiger charge is 2.45. The Balaban J connectivity index is 1.53. The van der Waals surface area contributed by atoms with E-state index in [0.717, 1.165) is 30.7 Å². The smallest absolute Gasteiger partial charge is 0.305 e. The molecule has 4 atom stereocenters. The third kappa shape index (κ3) is 3.42. The highest BCUT2D eigenvalue weighted by Crippen LogP contribution is 2.39. The number of carbonyl (C=O) groups is 1. The number of ether oxygens (including phenoxy) is 1. The lowest BCUT2D eigenvalue weighted by Crippen LogP contribution is -2.63. The van der Waals surface area contributed by atoms with E-state index in [0.29, 0.717) is 19.1 Å². The highest BCUT2D eigenvalue weighted by molar-refractivity contribution is 5.69. The van der Waals surface area contributed by atoms with E-state index in [-0.39, 0.29) is 5.97 Å². The molecule has 0 bridgehead atoms. The number of esters is 1. The SMILES string of the molecule is CCOC(=O)CCC[C@@H]1NCC2CCCN3CCCC1C23. The summed E-state index contributed by atoms with van der Waals surface area (Å²) in [6.07, 6.45) is 8.17. The van der Waals surface area contributed by atoms with Crippen LogP contribution in [0.25, 0.3) is 0 Å². The van der Waals surface area contributed by atoms with Crippen LogP contribution in [0.4, 0.5) is 0 Å². The van der Waals surface area contributed by atoms with Gasteiger partial charge in [0.1, 0.15) is 0 Å². The van der Waals surface area contributed by atoms with Crippen molar-refractivity contribution in [2.45, 2.75) is 64.0 Å². The van der Waals surface area contributed by atoms with E-state index < -0.39 is 0 Å². The van der Waals surface area contributed by atoms with Crippen LogP contribution in [0.1, 0.15) is 51.9 Å². The molecule has 3 aliphatic heterocycles. The molecule has 0 aliphatic carbocycles. The Morgan fingerprint density at radius 3 is 2.90 bits per heavy atom. The zero-order valence-electron chi connectivity index (χ0n) is 13.4. The van der Waals surface area contributed by atoms with Crippen LogP contribution in [0.3, 0.4) is 0 Å². The predicted molar refractivity (Wildman–Crippen MR) is 83.1 cm³/mol. The fourth-order valence-corrected chi connectivity index (χ4v) is 4.89. The van der Waals surface area contributed by atoms with Gasteiger partial charge in [-0.05, 0) is 76.9 Å². The second-order valence-electron chi connectivity index (χ2n) is 6.95. The standard InChI is InChI=1S/C17H30N2O2/c1-2-21-16(20)9-3-8-15-14-7-5-11-19-10-4-6-13(12-18-15)17(14)19/h13-15,17-18H,2-12H2,1H3/t13?,14?,15-,17?/m0/s1. The molecule has 0 aromatic rings. The van der Waals surface area contributed by atoms with Gasteiger partial charge in [-0.15, -0.1) is 0 Å². The maximum atomic E-state index is 11.5. The summed E-state index contributed by atoms with van der Waals surface area (Å²) in [6.45, 7) is 6.18. The molecule has 1 N–H and O–H groups in total. The third-order valence-corrected chi connectivity index (χ3v) is 5.71. The van der Waals surface area contributed by atoms with Crippen LogP contribution in [0.15, 0.2) is 0 Å². The van der Waals surface area contributed by atoms with Crippen LogP contribution >= 0.6 is 0 Å². The minimum absolute atomic E-state index is 0.0332. The minimum Gasteiger partial charge on any atom is -0.466 e. The van der Waals surface area contributed by atoms with Gasteiger partial charge in [0.2, 0.25) is 0 Å². The summed E-state index contributed by atoms with van der Waals surface area (Å²) >= 11 is 0. The van der Waals surface area contributed by atoms with Gasteiger partial charge in [0.25, 0.3) is 0 Å². The first kappa shape index (κ1) is 15.3. The summed E-state index contributed by atoms with van der Waals surface area (Å²) in [4.78, 5) is 14.2. The molecule has 3 heterocycles. The van der Waals surface area contributed by atoms with Crippen molar-refractivity contribution in [1.29, 1.82) is 0 Å². The summed E-state index contributed by atoms with van der Waals surface area (Å²) in [5.41, 5.74) is 0. The molecule has 0 aromatic heterocycles. The van der Waals surface area contributed by atoms with Gasteiger partial charge in [-0.25, -0.2) is 0 Å². The van der Waals surface area contributed by atoms with Crippen molar-refractivity contribution in [2.24, 2.45) is 11.8 Å². The molecule has 0 spiro atoms. The van der Waals surface area contributed by atoms with Crippen LogP contribution in [0, 0.1) is 11.8 Å². The van der Waals surface area contributed by atoms with Gasteiger partial charge in [0, 0.05) is 18.5 Å². The number of hydrogen-bond donors (Lipinski definition) is 1. The molecule has 3 saturated heterocycles. The molecule has 21 heavy (non-hydrogen) atoms. The monoisotopic (exact) mass is 294 g/mol. The molecular weight excluding hydrogens is 264 g/mol. The van der Waals surface area contributed by atoms with E-state index in [4.69, 9.17) is 4.74 Å². The van der Waals surface area contributed by atoms with Crippen molar-refractivity contribution < 1.29 is 9.53 Å². The quantitative estimate of drug-likeness (QED) is 0.789. The summed E-state index contributed by atoms with van der Waals surface area (Å²) in [5, 5.41) is 3.80. The average Bonchev–Trinajstić information content (AvgIpc) is 2.50. The topological polar surface area (TPSA) is 41.6 Å². The maximum Gasteiger partial charge on any atom is 0.305 e. The van der Waals surface area contributed by atoms with Gasteiger partial charge < -0.3 is 10.1 Å². The summed E-state index contributed by atoms with van der Waals surface area (Å²) in [6, 6.07) is 1.43. The van der Waals surface area contributed by atoms with E-state index in [1.165, 1.54) is 45.3 Å². The molecule has 4 heteroatoms. The Kier molecular flexibility index (Phi) is 5.17. The molecule has 3 aliphatic rings. The maximum absolute atomic E-state index is 11.5. The molecule has 3 unspecified atom stereocenters. The molecule has 0 aromatic carbocycles. The fraction of sp³-hybridized carbons (Fsp3) is 0.941. The molecule has 4 nitrogen and oxygen atoms in total. The zero-order valence-corrected chi connectivity index (χ0v) is 13.4. The number of rotatable bonds is 5. The van der Waals surface area contributed by atoms with Crippen molar-refractivity contribution in [3.05, 3.63) is 0 Å².